The lowest BCUT2D eigenvalue weighted by Crippen LogP contribution is -2.43. The first-order valence-corrected chi connectivity index (χ1v) is 6.96. The second-order valence-electron chi connectivity index (χ2n) is 5.45. The van der Waals surface area contributed by atoms with Gasteiger partial charge in [-0.2, -0.15) is 5.10 Å². The zero-order valence-corrected chi connectivity index (χ0v) is 11.6. The highest BCUT2D eigenvalue weighted by molar-refractivity contribution is 5.63. The fourth-order valence-electron chi connectivity index (χ4n) is 2.60. The van der Waals surface area contributed by atoms with Gasteiger partial charge in [-0.05, 0) is 31.4 Å². The first-order valence-electron chi connectivity index (χ1n) is 6.96. The molecule has 0 amide bonds. The van der Waals surface area contributed by atoms with Crippen LogP contribution in [-0.4, -0.2) is 29.3 Å². The first-order chi connectivity index (χ1) is 9.63. The quantitative estimate of drug-likeness (QED) is 0.884. The molecule has 5 heteroatoms. The summed E-state index contributed by atoms with van der Waals surface area (Å²) in [7, 11) is 0. The molecule has 2 heterocycles. The monoisotopic (exact) mass is 274 g/mol. The Morgan fingerprint density at radius 1 is 1.40 bits per heavy atom. The molecular weight excluding hydrogens is 255 g/mol. The first kappa shape index (κ1) is 13.1. The highest BCUT2D eigenvalue weighted by Gasteiger charge is 2.19. The summed E-state index contributed by atoms with van der Waals surface area (Å²) in [6.45, 7) is 3.55. The van der Waals surface area contributed by atoms with Crippen LogP contribution in [-0.2, 0) is 0 Å². The molecule has 3 N–H and O–H groups in total. The number of rotatable bonds is 2. The summed E-state index contributed by atoms with van der Waals surface area (Å²) in [6.07, 6.45) is 2.15. The minimum absolute atomic E-state index is 0.196. The van der Waals surface area contributed by atoms with E-state index in [1.807, 2.05) is 12.1 Å². The van der Waals surface area contributed by atoms with Crippen LogP contribution in [0.4, 0.5) is 10.2 Å². The predicted molar refractivity (Wildman–Crippen MR) is 78.1 cm³/mol. The van der Waals surface area contributed by atoms with Gasteiger partial charge in [-0.3, -0.25) is 5.10 Å². The molecule has 1 unspecified atom stereocenters. The Morgan fingerprint density at radius 2 is 2.25 bits per heavy atom. The van der Waals surface area contributed by atoms with Crippen molar-refractivity contribution in [2.75, 3.05) is 18.0 Å². The summed E-state index contributed by atoms with van der Waals surface area (Å²) in [5.74, 6) is 0.690. The zero-order valence-electron chi connectivity index (χ0n) is 11.6. The van der Waals surface area contributed by atoms with Gasteiger partial charge < -0.3 is 10.6 Å². The standard InChI is InChI=1S/C15H19FN4/c1-10-4-5-11(7-13(10)16)14-8-15(19-18-14)20-6-2-3-12(17)9-20/h4-5,7-8,12H,2-3,6,9,17H2,1H3,(H,18,19). The van der Waals surface area contributed by atoms with Gasteiger partial charge in [0.15, 0.2) is 5.82 Å². The van der Waals surface area contributed by atoms with Crippen LogP contribution in [0.15, 0.2) is 24.3 Å². The molecule has 3 rings (SSSR count). The normalized spacial score (nSPS) is 19.4. The number of nitrogens with two attached hydrogens (primary N) is 1. The second-order valence-corrected chi connectivity index (χ2v) is 5.45. The van der Waals surface area contributed by atoms with Crippen molar-refractivity contribution in [3.05, 3.63) is 35.6 Å². The molecule has 0 bridgehead atoms. The smallest absolute Gasteiger partial charge is 0.151 e. The average molecular weight is 274 g/mol. The Morgan fingerprint density at radius 3 is 3.00 bits per heavy atom. The molecule has 4 nitrogen and oxygen atoms in total. The molecule has 0 saturated carbocycles. The summed E-state index contributed by atoms with van der Waals surface area (Å²) in [4.78, 5) is 2.18. The summed E-state index contributed by atoms with van der Waals surface area (Å²) in [5.41, 5.74) is 8.28. The van der Waals surface area contributed by atoms with Gasteiger partial charge in [0.1, 0.15) is 5.82 Å². The van der Waals surface area contributed by atoms with Crippen LogP contribution in [0.5, 0.6) is 0 Å². The number of hydrogen-bond donors (Lipinski definition) is 2. The number of aryl methyl sites for hydroxylation is 1. The molecule has 20 heavy (non-hydrogen) atoms. The van der Waals surface area contributed by atoms with Gasteiger partial charge in [-0.15, -0.1) is 0 Å². The van der Waals surface area contributed by atoms with Crippen molar-refractivity contribution in [1.29, 1.82) is 0 Å². The zero-order chi connectivity index (χ0) is 14.1. The minimum atomic E-state index is -0.196. The Labute approximate surface area is 117 Å². The number of anilines is 1. The molecule has 0 radical (unpaired) electrons. The molecule has 2 aromatic rings. The van der Waals surface area contributed by atoms with Gasteiger partial charge in [-0.1, -0.05) is 12.1 Å². The van der Waals surface area contributed by atoms with E-state index >= 15 is 0 Å². The van der Waals surface area contributed by atoms with Crippen molar-refractivity contribution in [3.8, 4) is 11.3 Å². The Balaban J connectivity index is 1.84. The van der Waals surface area contributed by atoms with Crippen molar-refractivity contribution in [1.82, 2.24) is 10.2 Å². The molecule has 1 atom stereocenters. The highest BCUT2D eigenvalue weighted by atomic mass is 19.1. The lowest BCUT2D eigenvalue weighted by atomic mass is 10.1. The van der Waals surface area contributed by atoms with Crippen LogP contribution >= 0.6 is 0 Å². The number of aromatic amines is 1. The molecule has 1 aromatic heterocycles. The van der Waals surface area contributed by atoms with Crippen LogP contribution in [0.2, 0.25) is 0 Å². The molecule has 0 aliphatic carbocycles. The number of benzene rings is 1. The van der Waals surface area contributed by atoms with Gasteiger partial charge in [0.25, 0.3) is 0 Å². The third-order valence-corrected chi connectivity index (χ3v) is 3.83. The number of nitrogens with one attached hydrogen (secondary N) is 1. The average Bonchev–Trinajstić information content (AvgIpc) is 2.92. The van der Waals surface area contributed by atoms with Gasteiger partial charge in [0.2, 0.25) is 0 Å². The summed E-state index contributed by atoms with van der Waals surface area (Å²) in [6, 6.07) is 7.39. The van der Waals surface area contributed by atoms with E-state index in [9.17, 15) is 4.39 Å². The number of aromatic nitrogens is 2. The maximum atomic E-state index is 13.6. The lowest BCUT2D eigenvalue weighted by molar-refractivity contribution is 0.503. The fourth-order valence-corrected chi connectivity index (χ4v) is 2.60. The van der Waals surface area contributed by atoms with E-state index in [0.29, 0.717) is 5.56 Å². The van der Waals surface area contributed by atoms with E-state index in [0.717, 1.165) is 43.0 Å². The van der Waals surface area contributed by atoms with Gasteiger partial charge in [0.05, 0.1) is 5.69 Å². The topological polar surface area (TPSA) is 57.9 Å². The van der Waals surface area contributed by atoms with Crippen molar-refractivity contribution < 1.29 is 4.39 Å². The fraction of sp³-hybridized carbons (Fsp3) is 0.400. The number of halogens is 1. The number of H-pyrrole nitrogens is 1. The van der Waals surface area contributed by atoms with Crippen molar-refractivity contribution in [2.24, 2.45) is 5.73 Å². The maximum absolute atomic E-state index is 13.6. The third-order valence-electron chi connectivity index (χ3n) is 3.83. The van der Waals surface area contributed by atoms with Crippen LogP contribution in [0.25, 0.3) is 11.3 Å². The molecule has 1 fully saturated rings. The summed E-state index contributed by atoms with van der Waals surface area (Å²) in [5, 5.41) is 7.31. The van der Waals surface area contributed by atoms with E-state index in [-0.39, 0.29) is 11.9 Å². The molecule has 1 saturated heterocycles. The lowest BCUT2D eigenvalue weighted by Gasteiger charge is -2.30. The molecule has 1 aromatic carbocycles. The van der Waals surface area contributed by atoms with E-state index in [1.54, 1.807) is 13.0 Å². The summed E-state index contributed by atoms with van der Waals surface area (Å²) < 4.78 is 13.6. The largest absolute Gasteiger partial charge is 0.354 e. The third kappa shape index (κ3) is 2.54. The molecule has 0 spiro atoms. The molecular formula is C15H19FN4. The Hall–Kier alpha value is -1.88. The number of hydrogen-bond acceptors (Lipinski definition) is 3. The van der Waals surface area contributed by atoms with Gasteiger partial charge in [0, 0.05) is 30.8 Å². The SMILES string of the molecule is Cc1ccc(-c2cc(N3CCCC(N)C3)n[nH]2)cc1F. The molecule has 1 aliphatic rings. The second kappa shape index (κ2) is 5.25. The van der Waals surface area contributed by atoms with Crippen LogP contribution < -0.4 is 10.6 Å². The predicted octanol–water partition coefficient (Wildman–Crippen LogP) is 2.45. The maximum Gasteiger partial charge on any atom is 0.151 e. The van der Waals surface area contributed by atoms with Crippen LogP contribution in [0, 0.1) is 12.7 Å². The van der Waals surface area contributed by atoms with Crippen LogP contribution in [0.3, 0.4) is 0 Å². The highest BCUT2D eigenvalue weighted by Crippen LogP contribution is 2.25. The van der Waals surface area contributed by atoms with Crippen molar-refractivity contribution >= 4 is 5.82 Å². The van der Waals surface area contributed by atoms with E-state index in [2.05, 4.69) is 15.1 Å². The molecule has 106 valence electrons. The number of piperidine rings is 1. The van der Waals surface area contributed by atoms with Gasteiger partial charge >= 0.3 is 0 Å². The van der Waals surface area contributed by atoms with Crippen molar-refractivity contribution in [2.45, 2.75) is 25.8 Å². The van der Waals surface area contributed by atoms with Gasteiger partial charge in [-0.25, -0.2) is 4.39 Å². The Bertz CT molecular complexity index is 608. The minimum Gasteiger partial charge on any atom is -0.354 e. The van der Waals surface area contributed by atoms with E-state index in [4.69, 9.17) is 5.73 Å². The summed E-state index contributed by atoms with van der Waals surface area (Å²) >= 11 is 0. The molecule has 1 aliphatic heterocycles. The van der Waals surface area contributed by atoms with Crippen molar-refractivity contribution in [3.63, 3.8) is 0 Å². The van der Waals surface area contributed by atoms with E-state index < -0.39 is 0 Å². The van der Waals surface area contributed by atoms with E-state index in [1.165, 1.54) is 6.07 Å². The Kier molecular flexibility index (Phi) is 3.44. The number of nitrogens with zero attached hydrogens (tertiary/aromatic N) is 2. The van der Waals surface area contributed by atoms with Crippen LogP contribution in [0.1, 0.15) is 18.4 Å².